The lowest BCUT2D eigenvalue weighted by molar-refractivity contribution is 0.102. The van der Waals surface area contributed by atoms with E-state index in [-0.39, 0.29) is 16.6 Å². The highest BCUT2D eigenvalue weighted by Gasteiger charge is 2.31. The molecule has 2 N–H and O–H groups in total. The third-order valence-electron chi connectivity index (χ3n) is 10.6. The van der Waals surface area contributed by atoms with Crippen LogP contribution in [0.2, 0.25) is 0 Å². The Balaban J connectivity index is 1.16. The summed E-state index contributed by atoms with van der Waals surface area (Å²) < 4.78 is 6.17. The second-order valence-corrected chi connectivity index (χ2v) is 17.5. The quantitative estimate of drug-likeness (QED) is 0.0629. The Morgan fingerprint density at radius 3 is 1.81 bits per heavy atom. The highest BCUT2D eigenvalue weighted by molar-refractivity contribution is 8.14. The molecule has 0 atom stereocenters. The van der Waals surface area contributed by atoms with E-state index in [9.17, 15) is 14.7 Å². The number of rotatable bonds is 19. The van der Waals surface area contributed by atoms with Crippen molar-refractivity contribution in [3.05, 3.63) is 96.6 Å². The van der Waals surface area contributed by atoms with E-state index >= 15 is 0 Å². The van der Waals surface area contributed by atoms with Crippen molar-refractivity contribution in [2.24, 2.45) is 0 Å². The third kappa shape index (κ3) is 10.6. The number of benzene rings is 5. The summed E-state index contributed by atoms with van der Waals surface area (Å²) in [6.07, 6.45) is 15.3. The van der Waals surface area contributed by atoms with Gasteiger partial charge < -0.3 is 25.0 Å². The van der Waals surface area contributed by atoms with Gasteiger partial charge in [0.1, 0.15) is 11.5 Å². The fraction of sp³-hybridized carbons (Fsp3) is 0.375. The first-order chi connectivity index (χ1) is 28.2. The van der Waals surface area contributed by atoms with Crippen LogP contribution < -0.4 is 24.8 Å². The summed E-state index contributed by atoms with van der Waals surface area (Å²) in [7, 11) is 8.01. The lowest BCUT2D eigenvalue weighted by Gasteiger charge is -2.32. The normalized spacial score (nSPS) is 11.9. The van der Waals surface area contributed by atoms with Gasteiger partial charge in [-0.25, -0.2) is 0 Å². The van der Waals surface area contributed by atoms with Crippen molar-refractivity contribution < 1.29 is 19.4 Å². The molecule has 0 saturated heterocycles. The molecule has 6 rings (SSSR count). The Bertz CT molecular complexity index is 2130. The number of carbonyl (C=O) groups is 2. The summed E-state index contributed by atoms with van der Waals surface area (Å²) in [5.74, 6) is -0.0483. The SMILES string of the molecule is CCCCCCCCCCCCCCOc1ccccc1NC(=O)c1cc(SC(=O)N2c3ccc(N(C)C)cc3Sc3cc(N(C)C)ccc32)c2ccccc2c1O. The number of fused-ring (bicyclic) bond motifs is 3. The van der Waals surface area contributed by atoms with Gasteiger partial charge in [0.05, 0.1) is 29.2 Å². The third-order valence-corrected chi connectivity index (χ3v) is 12.6. The number of anilines is 5. The number of phenolic OH excluding ortho intramolecular Hbond substituents is 1. The fourth-order valence-electron chi connectivity index (χ4n) is 7.27. The maximum Gasteiger partial charge on any atom is 0.295 e. The molecule has 10 heteroatoms. The lowest BCUT2D eigenvalue weighted by atomic mass is 10.0. The second kappa shape index (κ2) is 20.8. The standard InChI is InChI=1S/C48H58N4O4S2/c1-6-7-8-9-10-11-12-13-14-15-16-21-30-56-42-25-20-19-24-39(42)49-47(54)38-33-43(36-22-17-18-23-37(36)46(38)53)58-48(55)52-40-28-26-34(50(2)3)31-44(40)57-45-32-35(51(4)5)27-29-41(45)52/h17-20,22-29,31-33,53H,6-16,21,30H2,1-5H3,(H,49,54). The molecule has 1 aliphatic rings. The van der Waals surface area contributed by atoms with E-state index in [1.807, 2.05) is 98.7 Å². The van der Waals surface area contributed by atoms with Crippen LogP contribution in [0.5, 0.6) is 11.5 Å². The molecule has 0 saturated carbocycles. The molecule has 5 aromatic rings. The largest absolute Gasteiger partial charge is 0.506 e. The lowest BCUT2D eigenvalue weighted by Crippen LogP contribution is -2.25. The van der Waals surface area contributed by atoms with E-state index in [4.69, 9.17) is 4.74 Å². The van der Waals surface area contributed by atoms with E-state index < -0.39 is 5.91 Å². The topological polar surface area (TPSA) is 85.4 Å². The minimum Gasteiger partial charge on any atom is -0.506 e. The molecule has 5 aromatic carbocycles. The Kier molecular flexibility index (Phi) is 15.3. The first-order valence-corrected chi connectivity index (χ1v) is 22.4. The van der Waals surface area contributed by atoms with Crippen LogP contribution in [-0.4, -0.2) is 51.1 Å². The van der Waals surface area contributed by atoms with Gasteiger partial charge in [0.25, 0.3) is 11.1 Å². The van der Waals surface area contributed by atoms with Crippen LogP contribution in [0.1, 0.15) is 94.3 Å². The van der Waals surface area contributed by atoms with Gasteiger partial charge in [0, 0.05) is 59.6 Å². The summed E-state index contributed by atoms with van der Waals surface area (Å²) in [6, 6.07) is 28.6. The van der Waals surface area contributed by atoms with Gasteiger partial charge in [-0.15, -0.1) is 0 Å². The van der Waals surface area contributed by atoms with Gasteiger partial charge in [-0.05, 0) is 78.2 Å². The molecular weight excluding hydrogens is 761 g/mol. The zero-order valence-electron chi connectivity index (χ0n) is 34.7. The maximum absolute atomic E-state index is 14.6. The van der Waals surface area contributed by atoms with E-state index in [0.29, 0.717) is 33.7 Å². The Labute approximate surface area is 353 Å². The van der Waals surface area contributed by atoms with E-state index in [1.165, 1.54) is 64.2 Å². The first-order valence-electron chi connectivity index (χ1n) is 20.8. The van der Waals surface area contributed by atoms with Gasteiger partial charge in [-0.3, -0.25) is 14.5 Å². The molecule has 0 aromatic heterocycles. The number of thioether (sulfide) groups is 1. The average molecular weight is 819 g/mol. The molecule has 0 fully saturated rings. The minimum absolute atomic E-state index is 0.0750. The number of nitrogens with zero attached hydrogens (tertiary/aromatic N) is 3. The molecule has 0 unspecified atom stereocenters. The molecule has 0 bridgehead atoms. The van der Waals surface area contributed by atoms with Crippen LogP contribution in [0.15, 0.2) is 106 Å². The van der Waals surface area contributed by atoms with Crippen molar-refractivity contribution >= 4 is 73.9 Å². The summed E-state index contributed by atoms with van der Waals surface area (Å²) in [5.41, 5.74) is 4.26. The summed E-state index contributed by atoms with van der Waals surface area (Å²) >= 11 is 2.69. The Morgan fingerprint density at radius 2 is 1.22 bits per heavy atom. The van der Waals surface area contributed by atoms with Crippen LogP contribution >= 0.6 is 23.5 Å². The highest BCUT2D eigenvalue weighted by atomic mass is 32.2. The van der Waals surface area contributed by atoms with Crippen LogP contribution in [-0.2, 0) is 0 Å². The summed E-state index contributed by atoms with van der Waals surface area (Å²) in [4.78, 5) is 37.0. The number of phenols is 1. The molecule has 8 nitrogen and oxygen atoms in total. The number of ether oxygens (including phenoxy) is 1. The number of aromatic hydroxyl groups is 1. The van der Waals surface area contributed by atoms with Crippen molar-refractivity contribution in [1.29, 1.82) is 0 Å². The molecule has 0 spiro atoms. The number of amides is 2. The average Bonchev–Trinajstić information content (AvgIpc) is 3.22. The second-order valence-electron chi connectivity index (χ2n) is 15.4. The van der Waals surface area contributed by atoms with Gasteiger partial charge in [0.15, 0.2) is 0 Å². The molecule has 0 radical (unpaired) electrons. The predicted molar refractivity (Wildman–Crippen MR) is 246 cm³/mol. The Morgan fingerprint density at radius 1 is 0.690 bits per heavy atom. The van der Waals surface area contributed by atoms with Gasteiger partial charge in [0.2, 0.25) is 0 Å². The van der Waals surface area contributed by atoms with Crippen molar-refractivity contribution in [2.45, 2.75) is 98.7 Å². The van der Waals surface area contributed by atoms with Crippen LogP contribution in [0.4, 0.5) is 33.2 Å². The highest BCUT2D eigenvalue weighted by Crippen LogP contribution is 2.52. The summed E-state index contributed by atoms with van der Waals surface area (Å²) in [5, 5.41) is 15.4. The van der Waals surface area contributed by atoms with Gasteiger partial charge in [-0.2, -0.15) is 0 Å². The minimum atomic E-state index is -0.489. The van der Waals surface area contributed by atoms with Crippen molar-refractivity contribution in [1.82, 2.24) is 0 Å². The molecule has 0 aliphatic carbocycles. The number of hydrogen-bond donors (Lipinski definition) is 2. The molecule has 1 heterocycles. The van der Waals surface area contributed by atoms with Crippen molar-refractivity contribution in [3.63, 3.8) is 0 Å². The molecular formula is C48H58N4O4S2. The van der Waals surface area contributed by atoms with E-state index in [0.717, 1.165) is 57.1 Å². The molecule has 1 aliphatic heterocycles. The van der Waals surface area contributed by atoms with Gasteiger partial charge in [-0.1, -0.05) is 126 Å². The maximum atomic E-state index is 14.6. The Hall–Kier alpha value is -4.80. The number of nitrogens with one attached hydrogen (secondary N) is 1. The van der Waals surface area contributed by atoms with Crippen molar-refractivity contribution in [3.8, 4) is 11.5 Å². The molecule has 306 valence electrons. The van der Waals surface area contributed by atoms with Crippen LogP contribution in [0, 0.1) is 0 Å². The molecule has 2 amide bonds. The number of hydrogen-bond acceptors (Lipinski definition) is 8. The first kappa shape index (κ1) is 42.8. The van der Waals surface area contributed by atoms with Crippen LogP contribution in [0.25, 0.3) is 10.8 Å². The van der Waals surface area contributed by atoms with Crippen molar-refractivity contribution in [2.75, 3.05) is 54.8 Å². The number of carbonyl (C=O) groups excluding carboxylic acids is 2. The zero-order chi connectivity index (χ0) is 41.0. The van der Waals surface area contributed by atoms with Gasteiger partial charge >= 0.3 is 0 Å². The van der Waals surface area contributed by atoms with E-state index in [2.05, 4.69) is 24.4 Å². The monoisotopic (exact) mass is 818 g/mol. The zero-order valence-corrected chi connectivity index (χ0v) is 36.3. The van der Waals surface area contributed by atoms with Crippen LogP contribution in [0.3, 0.4) is 0 Å². The fourth-order valence-corrected chi connectivity index (χ4v) is 9.34. The number of para-hydroxylation sites is 2. The smallest absolute Gasteiger partial charge is 0.295 e. The number of unbranched alkanes of at least 4 members (excludes halogenated alkanes) is 11. The summed E-state index contributed by atoms with van der Waals surface area (Å²) in [6.45, 7) is 2.82. The predicted octanol–water partition coefficient (Wildman–Crippen LogP) is 13.5. The molecule has 58 heavy (non-hydrogen) atoms. The van der Waals surface area contributed by atoms with E-state index in [1.54, 1.807) is 34.9 Å².